The number of hydrogen-bond donors (Lipinski definition) is 1. The normalized spacial score (nSPS) is 11.3. The van der Waals surface area contributed by atoms with E-state index in [1.807, 2.05) is 37.3 Å². The number of nitrogens with one attached hydrogen (secondary N) is 1. The van der Waals surface area contributed by atoms with Gasteiger partial charge >= 0.3 is 11.8 Å². The first-order chi connectivity index (χ1) is 12.9. The van der Waals surface area contributed by atoms with Gasteiger partial charge in [0, 0.05) is 13.0 Å². The second kappa shape index (κ2) is 8.13. The second-order valence-corrected chi connectivity index (χ2v) is 8.18. The van der Waals surface area contributed by atoms with Gasteiger partial charge in [0.2, 0.25) is 0 Å². The summed E-state index contributed by atoms with van der Waals surface area (Å²) < 4.78 is 29.6. The zero-order chi connectivity index (χ0) is 19.3. The van der Waals surface area contributed by atoms with Gasteiger partial charge in [0.15, 0.2) is 15.7 Å². The van der Waals surface area contributed by atoms with Crippen LogP contribution in [0.5, 0.6) is 0 Å². The minimum atomic E-state index is -3.45. The van der Waals surface area contributed by atoms with E-state index in [0.717, 1.165) is 11.1 Å². The highest BCUT2D eigenvalue weighted by molar-refractivity contribution is 7.91. The molecule has 0 aliphatic rings. The summed E-state index contributed by atoms with van der Waals surface area (Å²) in [5.41, 5.74) is 1.92. The molecule has 0 radical (unpaired) electrons. The molecule has 0 saturated carbocycles. The maximum Gasteiger partial charge on any atom is 0.315 e. The van der Waals surface area contributed by atoms with Crippen molar-refractivity contribution in [1.29, 1.82) is 0 Å². The Morgan fingerprint density at radius 1 is 1.07 bits per heavy atom. The molecule has 1 aromatic heterocycles. The first-order valence-corrected chi connectivity index (χ1v) is 10.0. The van der Waals surface area contributed by atoms with Gasteiger partial charge in [-0.25, -0.2) is 8.42 Å². The third kappa shape index (κ3) is 5.01. The molecule has 1 heterocycles. The monoisotopic (exact) mass is 385 g/mol. The number of aromatic nitrogens is 2. The Balaban J connectivity index is 1.57. The molecule has 3 aromatic rings. The van der Waals surface area contributed by atoms with E-state index in [-0.39, 0.29) is 28.8 Å². The van der Waals surface area contributed by atoms with Gasteiger partial charge in [0.25, 0.3) is 0 Å². The van der Waals surface area contributed by atoms with Crippen LogP contribution < -0.4 is 5.32 Å². The van der Waals surface area contributed by atoms with E-state index >= 15 is 0 Å². The molecule has 7 nitrogen and oxygen atoms in total. The van der Waals surface area contributed by atoms with Crippen LogP contribution in [0, 0.1) is 6.92 Å². The van der Waals surface area contributed by atoms with Crippen LogP contribution in [-0.2, 0) is 22.8 Å². The van der Waals surface area contributed by atoms with Crippen molar-refractivity contribution in [2.24, 2.45) is 0 Å². The number of benzene rings is 2. The highest BCUT2D eigenvalue weighted by atomic mass is 32.2. The zero-order valence-corrected chi connectivity index (χ0v) is 15.6. The Kier molecular flexibility index (Phi) is 5.66. The summed E-state index contributed by atoms with van der Waals surface area (Å²) >= 11 is 0. The van der Waals surface area contributed by atoms with E-state index in [2.05, 4.69) is 15.5 Å². The van der Waals surface area contributed by atoms with Crippen molar-refractivity contribution in [1.82, 2.24) is 15.5 Å². The highest BCUT2D eigenvalue weighted by Crippen LogP contribution is 2.13. The first kappa shape index (κ1) is 18.8. The Morgan fingerprint density at radius 3 is 2.48 bits per heavy atom. The van der Waals surface area contributed by atoms with Gasteiger partial charge in [-0.2, -0.15) is 4.98 Å². The van der Waals surface area contributed by atoms with Crippen molar-refractivity contribution in [3.63, 3.8) is 0 Å². The van der Waals surface area contributed by atoms with Crippen LogP contribution in [0.2, 0.25) is 0 Å². The van der Waals surface area contributed by atoms with E-state index in [0.29, 0.717) is 6.54 Å². The molecule has 1 N–H and O–H groups in total. The van der Waals surface area contributed by atoms with Crippen LogP contribution in [0.15, 0.2) is 64.0 Å². The number of sulfone groups is 1. The highest BCUT2D eigenvalue weighted by Gasteiger charge is 2.19. The predicted octanol–water partition coefficient (Wildman–Crippen LogP) is 2.32. The van der Waals surface area contributed by atoms with Gasteiger partial charge in [-0.1, -0.05) is 53.2 Å². The molecule has 0 bridgehead atoms. The molecule has 0 fully saturated rings. The number of amides is 1. The third-order valence-corrected chi connectivity index (χ3v) is 5.66. The lowest BCUT2D eigenvalue weighted by atomic mass is 10.2. The standard InChI is InChI=1S/C19H19N3O4S/c1-14-7-9-16(10-8-14)27(24,25)12-11-17-21-19(26-22-17)18(23)20-13-15-5-3-2-4-6-15/h2-10H,11-13H2,1H3,(H,20,23). The summed E-state index contributed by atoms with van der Waals surface area (Å²) in [5.74, 6) is -0.677. The summed E-state index contributed by atoms with van der Waals surface area (Å²) in [6.45, 7) is 2.22. The van der Waals surface area contributed by atoms with Crippen molar-refractivity contribution in [3.05, 3.63) is 77.4 Å². The maximum atomic E-state index is 12.4. The Hall–Kier alpha value is -3.00. The van der Waals surface area contributed by atoms with Crippen LogP contribution >= 0.6 is 0 Å². The lowest BCUT2D eigenvalue weighted by molar-refractivity contribution is 0.0907. The molecule has 0 aliphatic carbocycles. The Bertz CT molecular complexity index is 1010. The predicted molar refractivity (Wildman–Crippen MR) is 98.8 cm³/mol. The van der Waals surface area contributed by atoms with Gasteiger partial charge in [-0.05, 0) is 24.6 Å². The maximum absolute atomic E-state index is 12.4. The summed E-state index contributed by atoms with van der Waals surface area (Å²) in [7, 11) is -3.45. The van der Waals surface area contributed by atoms with E-state index < -0.39 is 15.7 Å². The van der Waals surface area contributed by atoms with E-state index in [1.54, 1.807) is 24.3 Å². The van der Waals surface area contributed by atoms with Crippen LogP contribution in [0.1, 0.15) is 27.6 Å². The molecule has 140 valence electrons. The van der Waals surface area contributed by atoms with Crippen molar-refractivity contribution >= 4 is 15.7 Å². The molecule has 0 saturated heterocycles. The smallest absolute Gasteiger partial charge is 0.315 e. The van der Waals surface area contributed by atoms with Crippen LogP contribution in [0.25, 0.3) is 0 Å². The molecule has 3 rings (SSSR count). The number of nitrogens with zero attached hydrogens (tertiary/aromatic N) is 2. The van der Waals surface area contributed by atoms with Crippen molar-refractivity contribution in [3.8, 4) is 0 Å². The lowest BCUT2D eigenvalue weighted by Gasteiger charge is -2.03. The third-order valence-electron chi connectivity index (χ3n) is 3.93. The minimum absolute atomic E-state index is 0.0612. The van der Waals surface area contributed by atoms with Crippen molar-refractivity contribution < 1.29 is 17.7 Å². The lowest BCUT2D eigenvalue weighted by Crippen LogP contribution is -2.23. The number of rotatable bonds is 7. The van der Waals surface area contributed by atoms with Crippen LogP contribution in [0.3, 0.4) is 0 Å². The van der Waals surface area contributed by atoms with Crippen molar-refractivity contribution in [2.45, 2.75) is 24.8 Å². The van der Waals surface area contributed by atoms with Crippen LogP contribution in [-0.4, -0.2) is 30.2 Å². The number of carbonyl (C=O) groups excluding carboxylic acids is 1. The van der Waals surface area contributed by atoms with Gasteiger partial charge in [0.05, 0.1) is 10.6 Å². The van der Waals surface area contributed by atoms with Crippen molar-refractivity contribution in [2.75, 3.05) is 5.75 Å². The van der Waals surface area contributed by atoms with Gasteiger partial charge < -0.3 is 9.84 Å². The molecule has 8 heteroatoms. The average molecular weight is 385 g/mol. The second-order valence-electron chi connectivity index (χ2n) is 6.07. The van der Waals surface area contributed by atoms with Crippen LogP contribution in [0.4, 0.5) is 0 Å². The van der Waals surface area contributed by atoms with Gasteiger partial charge in [-0.3, -0.25) is 4.79 Å². The molecule has 0 atom stereocenters. The largest absolute Gasteiger partial charge is 0.344 e. The topological polar surface area (TPSA) is 102 Å². The van der Waals surface area contributed by atoms with E-state index in [1.165, 1.54) is 0 Å². The van der Waals surface area contributed by atoms with E-state index in [9.17, 15) is 13.2 Å². The zero-order valence-electron chi connectivity index (χ0n) is 14.8. The molecule has 0 spiro atoms. The molecule has 0 unspecified atom stereocenters. The average Bonchev–Trinajstić information content (AvgIpc) is 3.15. The molecule has 27 heavy (non-hydrogen) atoms. The van der Waals surface area contributed by atoms with Gasteiger partial charge in [-0.15, -0.1) is 0 Å². The summed E-state index contributed by atoms with van der Waals surface area (Å²) in [4.78, 5) is 16.3. The SMILES string of the molecule is Cc1ccc(S(=O)(=O)CCc2noc(C(=O)NCc3ccccc3)n2)cc1. The summed E-state index contributed by atoms with van der Waals surface area (Å²) in [5, 5.41) is 6.37. The molecule has 2 aromatic carbocycles. The minimum Gasteiger partial charge on any atom is -0.344 e. The number of aryl methyl sites for hydroxylation is 2. The number of carbonyl (C=O) groups is 1. The Labute approximate surface area is 157 Å². The Morgan fingerprint density at radius 2 is 1.78 bits per heavy atom. The van der Waals surface area contributed by atoms with E-state index in [4.69, 9.17) is 4.52 Å². The number of hydrogen-bond acceptors (Lipinski definition) is 6. The molecule has 1 amide bonds. The quantitative estimate of drug-likeness (QED) is 0.670. The molecular weight excluding hydrogens is 366 g/mol. The first-order valence-electron chi connectivity index (χ1n) is 8.38. The summed E-state index contributed by atoms with van der Waals surface area (Å²) in [6, 6.07) is 16.0. The fourth-order valence-electron chi connectivity index (χ4n) is 2.39. The fourth-order valence-corrected chi connectivity index (χ4v) is 3.63. The fraction of sp³-hybridized carbons (Fsp3) is 0.211. The molecule has 0 aliphatic heterocycles. The van der Waals surface area contributed by atoms with Gasteiger partial charge in [0.1, 0.15) is 0 Å². The molecular formula is C19H19N3O4S. The summed E-state index contributed by atoms with van der Waals surface area (Å²) in [6.07, 6.45) is 0.0612.